The van der Waals surface area contributed by atoms with Gasteiger partial charge in [-0.15, -0.1) is 0 Å². The zero-order chi connectivity index (χ0) is 15.1. The largest absolute Gasteiger partial charge is 0.399 e. The van der Waals surface area contributed by atoms with Gasteiger partial charge in [0.1, 0.15) is 4.90 Å². The Morgan fingerprint density at radius 3 is 2.05 bits per heavy atom. The second-order valence-corrected chi connectivity index (χ2v) is 8.27. The normalized spacial score (nSPS) is 24.8. The van der Waals surface area contributed by atoms with E-state index in [1.807, 2.05) is 13.8 Å². The topological polar surface area (TPSA) is 63.4 Å². The van der Waals surface area contributed by atoms with Crippen molar-refractivity contribution in [2.45, 2.75) is 25.2 Å². The minimum absolute atomic E-state index is 0.0451. The Kier molecular flexibility index (Phi) is 4.54. The van der Waals surface area contributed by atoms with Crippen LogP contribution in [0.25, 0.3) is 0 Å². The lowest BCUT2D eigenvalue weighted by molar-refractivity contribution is 0.222. The van der Waals surface area contributed by atoms with Crippen molar-refractivity contribution in [2.24, 2.45) is 11.8 Å². The monoisotopic (exact) mass is 336 g/mol. The SMILES string of the molecule is CC1CC(C)CN(S(=O)(=O)c2c(Cl)cc(N)cc2Cl)C1. The van der Waals surface area contributed by atoms with E-state index in [2.05, 4.69) is 0 Å². The number of halogens is 2. The number of piperidine rings is 1. The molecule has 0 saturated carbocycles. The van der Waals surface area contributed by atoms with Crippen LogP contribution in [0.1, 0.15) is 20.3 Å². The molecule has 1 aliphatic heterocycles. The summed E-state index contributed by atoms with van der Waals surface area (Å²) in [5, 5.41) is 0.141. The van der Waals surface area contributed by atoms with Gasteiger partial charge in [-0.25, -0.2) is 8.42 Å². The van der Waals surface area contributed by atoms with Crippen molar-refractivity contribution >= 4 is 38.9 Å². The number of sulfonamides is 1. The number of benzene rings is 1. The third-order valence-electron chi connectivity index (χ3n) is 3.45. The highest BCUT2D eigenvalue weighted by Crippen LogP contribution is 2.36. The summed E-state index contributed by atoms with van der Waals surface area (Å²) < 4.78 is 27.0. The van der Waals surface area contributed by atoms with Gasteiger partial charge < -0.3 is 5.73 Å². The summed E-state index contributed by atoms with van der Waals surface area (Å²) in [6.45, 7) is 5.07. The molecule has 0 bridgehead atoms. The maximum Gasteiger partial charge on any atom is 0.246 e. The van der Waals surface area contributed by atoms with Crippen LogP contribution in [0.3, 0.4) is 0 Å². The first-order valence-corrected chi connectivity index (χ1v) is 8.66. The highest BCUT2D eigenvalue weighted by atomic mass is 35.5. The molecule has 1 heterocycles. The molecular formula is C13H18Cl2N2O2S. The van der Waals surface area contributed by atoms with Crippen molar-refractivity contribution in [1.82, 2.24) is 4.31 Å². The van der Waals surface area contributed by atoms with E-state index in [0.29, 0.717) is 30.6 Å². The standard InChI is InChI=1S/C13H18Cl2N2O2S/c1-8-3-9(2)7-17(6-8)20(18,19)13-11(14)4-10(16)5-12(13)15/h4-5,8-9H,3,6-7,16H2,1-2H3. The first kappa shape index (κ1) is 15.9. The molecule has 1 aliphatic rings. The van der Waals surface area contributed by atoms with Gasteiger partial charge >= 0.3 is 0 Å². The van der Waals surface area contributed by atoms with Crippen LogP contribution in [0, 0.1) is 11.8 Å². The van der Waals surface area contributed by atoms with Crippen molar-refractivity contribution in [3.05, 3.63) is 22.2 Å². The molecule has 0 spiro atoms. The van der Waals surface area contributed by atoms with E-state index in [1.54, 1.807) is 0 Å². The van der Waals surface area contributed by atoms with Gasteiger partial charge in [0.15, 0.2) is 0 Å². The van der Waals surface area contributed by atoms with Crippen LogP contribution in [0.5, 0.6) is 0 Å². The van der Waals surface area contributed by atoms with E-state index in [4.69, 9.17) is 28.9 Å². The number of hydrogen-bond acceptors (Lipinski definition) is 3. The van der Waals surface area contributed by atoms with Crippen LogP contribution < -0.4 is 5.73 Å². The maximum absolute atomic E-state index is 12.7. The van der Waals surface area contributed by atoms with Gasteiger partial charge in [-0.2, -0.15) is 4.31 Å². The van der Waals surface area contributed by atoms with E-state index in [-0.39, 0.29) is 14.9 Å². The number of nitrogens with zero attached hydrogens (tertiary/aromatic N) is 1. The fourth-order valence-corrected chi connectivity index (χ4v) is 5.62. The molecule has 20 heavy (non-hydrogen) atoms. The molecule has 112 valence electrons. The van der Waals surface area contributed by atoms with Gasteiger partial charge in [0, 0.05) is 18.8 Å². The van der Waals surface area contributed by atoms with Gasteiger partial charge in [-0.1, -0.05) is 37.0 Å². The summed E-state index contributed by atoms with van der Waals surface area (Å²) in [4.78, 5) is -0.0451. The predicted molar refractivity (Wildman–Crippen MR) is 82.6 cm³/mol. The molecule has 7 heteroatoms. The molecule has 0 radical (unpaired) electrons. The smallest absolute Gasteiger partial charge is 0.246 e. The van der Waals surface area contributed by atoms with E-state index in [1.165, 1.54) is 16.4 Å². The van der Waals surface area contributed by atoms with E-state index in [9.17, 15) is 8.42 Å². The zero-order valence-corrected chi connectivity index (χ0v) is 13.8. The number of rotatable bonds is 2. The molecule has 1 aromatic carbocycles. The lowest BCUT2D eigenvalue weighted by Gasteiger charge is -2.34. The van der Waals surface area contributed by atoms with Gasteiger partial charge in [0.25, 0.3) is 0 Å². The van der Waals surface area contributed by atoms with Gasteiger partial charge in [-0.3, -0.25) is 0 Å². The Morgan fingerprint density at radius 1 is 1.15 bits per heavy atom. The van der Waals surface area contributed by atoms with Crippen LogP contribution >= 0.6 is 23.2 Å². The molecule has 2 rings (SSSR count). The fraction of sp³-hybridized carbons (Fsp3) is 0.538. The lowest BCUT2D eigenvalue weighted by atomic mass is 9.94. The fourth-order valence-electron chi connectivity index (χ4n) is 2.76. The van der Waals surface area contributed by atoms with Gasteiger partial charge in [0.05, 0.1) is 10.0 Å². The number of nitrogen functional groups attached to an aromatic ring is 1. The average Bonchev–Trinajstić information content (AvgIpc) is 2.25. The van der Waals surface area contributed by atoms with Crippen LogP contribution in [-0.4, -0.2) is 25.8 Å². The van der Waals surface area contributed by atoms with Crippen LogP contribution in [0.2, 0.25) is 10.0 Å². The quantitative estimate of drug-likeness (QED) is 0.843. The van der Waals surface area contributed by atoms with E-state index >= 15 is 0 Å². The summed E-state index contributed by atoms with van der Waals surface area (Å²) in [5.41, 5.74) is 5.96. The van der Waals surface area contributed by atoms with Crippen molar-refractivity contribution in [1.29, 1.82) is 0 Å². The Hall–Kier alpha value is -0.490. The first-order chi connectivity index (χ1) is 9.21. The first-order valence-electron chi connectivity index (χ1n) is 6.46. The molecule has 0 aliphatic carbocycles. The Morgan fingerprint density at radius 2 is 1.60 bits per heavy atom. The third-order valence-corrected chi connectivity index (χ3v) is 6.21. The minimum atomic E-state index is -3.69. The Labute approximate surface area is 129 Å². The van der Waals surface area contributed by atoms with Crippen LogP contribution in [0.4, 0.5) is 5.69 Å². The zero-order valence-electron chi connectivity index (χ0n) is 11.4. The minimum Gasteiger partial charge on any atom is -0.399 e. The highest BCUT2D eigenvalue weighted by Gasteiger charge is 2.34. The molecule has 0 amide bonds. The average molecular weight is 337 g/mol. The second-order valence-electron chi connectivity index (χ2n) is 5.58. The highest BCUT2D eigenvalue weighted by molar-refractivity contribution is 7.89. The van der Waals surface area contributed by atoms with Crippen LogP contribution in [0.15, 0.2) is 17.0 Å². The summed E-state index contributed by atoms with van der Waals surface area (Å²) in [7, 11) is -3.69. The van der Waals surface area contributed by atoms with E-state index in [0.717, 1.165) is 6.42 Å². The number of anilines is 1. The van der Waals surface area contributed by atoms with Crippen molar-refractivity contribution in [3.8, 4) is 0 Å². The number of nitrogens with two attached hydrogens (primary N) is 1. The molecule has 1 aromatic rings. The van der Waals surface area contributed by atoms with Crippen molar-refractivity contribution in [3.63, 3.8) is 0 Å². The number of hydrogen-bond donors (Lipinski definition) is 1. The molecule has 0 aromatic heterocycles. The molecule has 1 fully saturated rings. The van der Waals surface area contributed by atoms with Crippen LogP contribution in [-0.2, 0) is 10.0 Å². The molecule has 1 saturated heterocycles. The third kappa shape index (κ3) is 3.06. The second kappa shape index (κ2) is 5.72. The summed E-state index contributed by atoms with van der Waals surface area (Å²) in [6, 6.07) is 2.83. The maximum atomic E-state index is 12.7. The predicted octanol–water partition coefficient (Wildman–Crippen LogP) is 3.24. The lowest BCUT2D eigenvalue weighted by Crippen LogP contribution is -2.42. The summed E-state index contributed by atoms with van der Waals surface area (Å²) in [5.74, 6) is 0.639. The summed E-state index contributed by atoms with van der Waals surface area (Å²) in [6.07, 6.45) is 1.02. The van der Waals surface area contributed by atoms with Crippen molar-refractivity contribution in [2.75, 3.05) is 18.8 Å². The molecule has 2 unspecified atom stereocenters. The van der Waals surface area contributed by atoms with Gasteiger partial charge in [-0.05, 0) is 30.4 Å². The van der Waals surface area contributed by atoms with Crippen molar-refractivity contribution < 1.29 is 8.42 Å². The Balaban J connectivity index is 2.45. The van der Waals surface area contributed by atoms with E-state index < -0.39 is 10.0 Å². The molecule has 2 atom stereocenters. The molecule has 4 nitrogen and oxygen atoms in total. The Bertz CT molecular complexity index is 586. The van der Waals surface area contributed by atoms with Gasteiger partial charge in [0.2, 0.25) is 10.0 Å². The molecule has 2 N–H and O–H groups in total. The molecular weight excluding hydrogens is 319 g/mol. The summed E-state index contributed by atoms with van der Waals surface area (Å²) >= 11 is 12.1.